The van der Waals surface area contributed by atoms with Crippen molar-refractivity contribution >= 4 is 17.0 Å². The largest absolute Gasteiger partial charge is 0.396 e. The number of nitrogens with one attached hydrogen (secondary N) is 2. The third kappa shape index (κ3) is 3.14. The van der Waals surface area contributed by atoms with E-state index in [9.17, 15) is 5.11 Å². The minimum absolute atomic E-state index is 0.0628. The van der Waals surface area contributed by atoms with Crippen LogP contribution in [0.15, 0.2) is 37.1 Å². The van der Waals surface area contributed by atoms with Crippen molar-refractivity contribution in [2.75, 3.05) is 18.5 Å². The van der Waals surface area contributed by atoms with Gasteiger partial charge in [-0.15, -0.1) is 0 Å². The van der Waals surface area contributed by atoms with Crippen LogP contribution in [0, 0.1) is 5.92 Å². The molecule has 0 aliphatic carbocycles. The summed E-state index contributed by atoms with van der Waals surface area (Å²) in [5, 5.41) is 12.8. The van der Waals surface area contributed by atoms with Crippen LogP contribution in [0.5, 0.6) is 0 Å². The number of H-pyrrole nitrogens is 1. The van der Waals surface area contributed by atoms with E-state index in [0.717, 1.165) is 11.2 Å². The first-order valence-electron chi connectivity index (χ1n) is 6.75. The zero-order valence-electron chi connectivity index (χ0n) is 11.4. The van der Waals surface area contributed by atoms with Gasteiger partial charge >= 0.3 is 0 Å². The summed E-state index contributed by atoms with van der Waals surface area (Å²) in [5.41, 5.74) is 2.36. The van der Waals surface area contributed by atoms with E-state index < -0.39 is 0 Å². The fourth-order valence-electron chi connectivity index (χ4n) is 2.16. The van der Waals surface area contributed by atoms with E-state index in [1.54, 1.807) is 12.5 Å². The molecule has 3 aromatic heterocycles. The van der Waals surface area contributed by atoms with Gasteiger partial charge in [-0.05, 0) is 18.6 Å². The molecule has 0 saturated carbocycles. The first-order valence-corrected chi connectivity index (χ1v) is 6.75. The van der Waals surface area contributed by atoms with Gasteiger partial charge in [-0.3, -0.25) is 4.98 Å². The van der Waals surface area contributed by atoms with E-state index in [1.807, 2.05) is 18.2 Å². The quantitative estimate of drug-likeness (QED) is 0.624. The third-order valence-corrected chi connectivity index (χ3v) is 3.26. The Morgan fingerprint density at radius 3 is 2.95 bits per heavy atom. The fourth-order valence-corrected chi connectivity index (χ4v) is 2.16. The third-order valence-electron chi connectivity index (χ3n) is 3.26. The molecule has 3 heterocycles. The van der Waals surface area contributed by atoms with E-state index in [0.29, 0.717) is 24.4 Å². The van der Waals surface area contributed by atoms with Crippen molar-refractivity contribution in [1.29, 1.82) is 0 Å². The minimum atomic E-state index is 0.0628. The number of aromatic nitrogens is 5. The van der Waals surface area contributed by atoms with Crippen molar-refractivity contribution in [2.45, 2.75) is 6.42 Å². The van der Waals surface area contributed by atoms with Crippen LogP contribution in [0.2, 0.25) is 0 Å². The summed E-state index contributed by atoms with van der Waals surface area (Å²) in [6, 6.07) is 5.79. The molecule has 0 radical (unpaired) electrons. The van der Waals surface area contributed by atoms with E-state index in [1.165, 1.54) is 6.33 Å². The zero-order valence-corrected chi connectivity index (χ0v) is 11.4. The number of anilines is 1. The average Bonchev–Trinajstić information content (AvgIpc) is 3.01. The van der Waals surface area contributed by atoms with Crippen LogP contribution in [0.25, 0.3) is 11.2 Å². The molecule has 21 heavy (non-hydrogen) atoms. The van der Waals surface area contributed by atoms with Crippen LogP contribution >= 0.6 is 0 Å². The topological polar surface area (TPSA) is 99.6 Å². The number of aliphatic hydroxyl groups excluding tert-OH is 1. The molecule has 0 fully saturated rings. The van der Waals surface area contributed by atoms with Gasteiger partial charge in [0.25, 0.3) is 0 Å². The second-order valence-electron chi connectivity index (χ2n) is 4.78. The lowest BCUT2D eigenvalue weighted by Crippen LogP contribution is -2.21. The van der Waals surface area contributed by atoms with Gasteiger partial charge in [-0.1, -0.05) is 6.07 Å². The molecule has 0 saturated heterocycles. The van der Waals surface area contributed by atoms with Crippen LogP contribution in [-0.2, 0) is 6.42 Å². The van der Waals surface area contributed by atoms with Crippen LogP contribution in [0.1, 0.15) is 5.69 Å². The maximum absolute atomic E-state index is 9.52. The molecule has 108 valence electrons. The Morgan fingerprint density at radius 1 is 1.19 bits per heavy atom. The molecular weight excluding hydrogens is 268 g/mol. The molecular formula is C14H16N6O. The summed E-state index contributed by atoms with van der Waals surface area (Å²) in [7, 11) is 0. The second-order valence-corrected chi connectivity index (χ2v) is 4.78. The summed E-state index contributed by atoms with van der Waals surface area (Å²) < 4.78 is 0. The van der Waals surface area contributed by atoms with Crippen LogP contribution < -0.4 is 5.32 Å². The second kappa shape index (κ2) is 6.27. The van der Waals surface area contributed by atoms with Crippen molar-refractivity contribution in [1.82, 2.24) is 24.9 Å². The van der Waals surface area contributed by atoms with Gasteiger partial charge in [0.05, 0.1) is 6.33 Å². The van der Waals surface area contributed by atoms with Gasteiger partial charge in [-0.2, -0.15) is 0 Å². The van der Waals surface area contributed by atoms with Crippen LogP contribution in [0.3, 0.4) is 0 Å². The number of aliphatic hydroxyl groups is 1. The number of imidazole rings is 1. The molecule has 1 atom stereocenters. The molecule has 0 amide bonds. The Bertz CT molecular complexity index is 699. The number of nitrogens with zero attached hydrogens (tertiary/aromatic N) is 4. The summed E-state index contributed by atoms with van der Waals surface area (Å²) in [6.45, 7) is 0.680. The molecule has 0 bridgehead atoms. The fraction of sp³-hybridized carbons (Fsp3) is 0.286. The van der Waals surface area contributed by atoms with Gasteiger partial charge in [0.2, 0.25) is 0 Å². The Balaban J connectivity index is 1.66. The molecule has 7 nitrogen and oxygen atoms in total. The summed E-state index contributed by atoms with van der Waals surface area (Å²) >= 11 is 0. The van der Waals surface area contributed by atoms with Gasteiger partial charge in [-0.25, -0.2) is 15.0 Å². The summed E-state index contributed by atoms with van der Waals surface area (Å²) in [5.74, 6) is 0.754. The lowest BCUT2D eigenvalue weighted by atomic mass is 10.0. The first-order chi connectivity index (χ1) is 10.4. The number of hydrogen-bond donors (Lipinski definition) is 3. The van der Waals surface area contributed by atoms with Crippen molar-refractivity contribution in [3.05, 3.63) is 42.7 Å². The number of rotatable bonds is 6. The standard InChI is InChI=1S/C14H16N6O/c21-7-10(5-11-3-1-2-4-15-11)6-16-13-12-14(18-8-17-12)20-9-19-13/h1-4,8-10,21H,5-7H2,(H2,16,17,18,19,20)/t10-/m1/s1. The molecule has 3 aromatic rings. The van der Waals surface area contributed by atoms with E-state index in [2.05, 4.69) is 30.2 Å². The van der Waals surface area contributed by atoms with Gasteiger partial charge < -0.3 is 15.4 Å². The number of hydrogen-bond acceptors (Lipinski definition) is 6. The first kappa shape index (κ1) is 13.4. The van der Waals surface area contributed by atoms with Crippen LogP contribution in [0.4, 0.5) is 5.82 Å². The van der Waals surface area contributed by atoms with Crippen molar-refractivity contribution < 1.29 is 5.11 Å². The Labute approximate surface area is 121 Å². The monoisotopic (exact) mass is 284 g/mol. The average molecular weight is 284 g/mol. The highest BCUT2D eigenvalue weighted by atomic mass is 16.3. The summed E-state index contributed by atoms with van der Waals surface area (Å²) in [4.78, 5) is 19.6. The normalized spacial score (nSPS) is 12.4. The minimum Gasteiger partial charge on any atom is -0.396 e. The molecule has 0 aliphatic heterocycles. The number of pyridine rings is 1. The Kier molecular flexibility index (Phi) is 4.02. The molecule has 0 spiro atoms. The van der Waals surface area contributed by atoms with Gasteiger partial charge in [0, 0.05) is 31.0 Å². The lowest BCUT2D eigenvalue weighted by Gasteiger charge is -2.15. The van der Waals surface area contributed by atoms with Crippen molar-refractivity contribution in [3.63, 3.8) is 0 Å². The summed E-state index contributed by atoms with van der Waals surface area (Å²) in [6.07, 6.45) is 5.53. The van der Waals surface area contributed by atoms with Crippen molar-refractivity contribution in [3.8, 4) is 0 Å². The lowest BCUT2D eigenvalue weighted by molar-refractivity contribution is 0.232. The zero-order chi connectivity index (χ0) is 14.5. The van der Waals surface area contributed by atoms with Crippen LogP contribution in [-0.4, -0.2) is 43.2 Å². The smallest absolute Gasteiger partial charge is 0.182 e. The highest BCUT2D eigenvalue weighted by Crippen LogP contribution is 2.15. The predicted octanol–water partition coefficient (Wildman–Crippen LogP) is 1.01. The molecule has 0 aliphatic rings. The van der Waals surface area contributed by atoms with E-state index in [-0.39, 0.29) is 12.5 Å². The SMILES string of the molecule is OC[C@@H](CNc1ncnc2nc[nH]c12)Cc1ccccn1. The molecule has 3 rings (SSSR count). The van der Waals surface area contributed by atoms with Gasteiger partial charge in [0.15, 0.2) is 11.5 Å². The molecule has 0 unspecified atom stereocenters. The Hall–Kier alpha value is -2.54. The predicted molar refractivity (Wildman–Crippen MR) is 78.7 cm³/mol. The maximum Gasteiger partial charge on any atom is 0.182 e. The highest BCUT2D eigenvalue weighted by molar-refractivity contribution is 5.81. The van der Waals surface area contributed by atoms with E-state index in [4.69, 9.17) is 0 Å². The molecule has 3 N–H and O–H groups in total. The molecule has 7 heteroatoms. The van der Waals surface area contributed by atoms with Gasteiger partial charge in [0.1, 0.15) is 11.8 Å². The highest BCUT2D eigenvalue weighted by Gasteiger charge is 2.11. The number of aromatic amines is 1. The number of fused-ring (bicyclic) bond motifs is 1. The molecule has 0 aromatic carbocycles. The van der Waals surface area contributed by atoms with Crippen molar-refractivity contribution in [2.24, 2.45) is 5.92 Å². The van der Waals surface area contributed by atoms with E-state index >= 15 is 0 Å². The maximum atomic E-state index is 9.52. The Morgan fingerprint density at radius 2 is 2.14 bits per heavy atom.